The Hall–Kier alpha value is 0.130. The van der Waals surface area contributed by atoms with Crippen molar-refractivity contribution in [1.29, 1.82) is 0 Å². The van der Waals surface area contributed by atoms with E-state index >= 15 is 0 Å². The van der Waals surface area contributed by atoms with Gasteiger partial charge in [-0.15, -0.1) is 0 Å². The molecule has 0 N–H and O–H groups in total. The van der Waals surface area contributed by atoms with Crippen molar-refractivity contribution in [3.63, 3.8) is 0 Å². The highest BCUT2D eigenvalue weighted by Gasteiger charge is 2.13. The van der Waals surface area contributed by atoms with Crippen molar-refractivity contribution in [2.75, 3.05) is 5.33 Å². The molecule has 0 radical (unpaired) electrons. The summed E-state index contributed by atoms with van der Waals surface area (Å²) in [6, 6.07) is 6.96. The minimum atomic E-state index is -3.26. The fourth-order valence-corrected chi connectivity index (χ4v) is 3.15. The molecular weight excluding hydrogens is 320 g/mol. The van der Waals surface area contributed by atoms with Crippen LogP contribution in [0.3, 0.4) is 0 Å². The van der Waals surface area contributed by atoms with Crippen molar-refractivity contribution in [3.05, 3.63) is 29.8 Å². The summed E-state index contributed by atoms with van der Waals surface area (Å²) in [6.45, 7) is 0. The summed E-state index contributed by atoms with van der Waals surface area (Å²) in [4.78, 5) is 0.356. The third-order valence-corrected chi connectivity index (χ3v) is 3.97. The van der Waals surface area contributed by atoms with Gasteiger partial charge < -0.3 is 0 Å². The highest BCUT2D eigenvalue weighted by Crippen LogP contribution is 2.21. The Bertz CT molecular complexity index is 387. The molecule has 0 fully saturated rings. The zero-order chi connectivity index (χ0) is 9.90. The van der Waals surface area contributed by atoms with Gasteiger partial charge in [0.2, 0.25) is 8.27 Å². The predicted octanol–water partition coefficient (Wildman–Crippen LogP) is 2.71. The number of hydrogen-bond acceptors (Lipinski definition) is 2. The first kappa shape index (κ1) is 11.2. The minimum absolute atomic E-state index is 0.356. The molecule has 0 saturated heterocycles. The molecule has 5 heteroatoms. The van der Waals surface area contributed by atoms with E-state index < -0.39 is 8.27 Å². The van der Waals surface area contributed by atoms with Gasteiger partial charge >= 0.3 is 0 Å². The van der Waals surface area contributed by atoms with Crippen LogP contribution in [0.4, 0.5) is 0 Å². The zero-order valence-electron chi connectivity index (χ0n) is 6.70. The second-order valence-electron chi connectivity index (χ2n) is 2.48. The first-order chi connectivity index (χ1) is 6.05. The van der Waals surface area contributed by atoms with Crippen LogP contribution in [0.15, 0.2) is 29.2 Å². The van der Waals surface area contributed by atoms with E-state index in [9.17, 15) is 8.42 Å². The first-order valence-electron chi connectivity index (χ1n) is 3.64. The van der Waals surface area contributed by atoms with Crippen LogP contribution in [0, 0.1) is 0 Å². The Balaban J connectivity index is 3.20. The molecule has 0 atom stereocenters. The van der Waals surface area contributed by atoms with Gasteiger partial charge in [0.1, 0.15) is 0 Å². The van der Waals surface area contributed by atoms with E-state index in [1.54, 1.807) is 12.1 Å². The van der Waals surface area contributed by atoms with Gasteiger partial charge in [-0.05, 0) is 18.1 Å². The molecule has 0 amide bonds. The molecule has 1 aromatic rings. The molecule has 0 saturated carbocycles. The third kappa shape index (κ3) is 3.07. The van der Waals surface area contributed by atoms with Crippen LogP contribution in [-0.2, 0) is 14.7 Å². The van der Waals surface area contributed by atoms with Crippen LogP contribution < -0.4 is 0 Å². The number of rotatable bonds is 3. The summed E-state index contributed by atoms with van der Waals surface area (Å²) in [6.07, 6.45) is 0.709. The lowest BCUT2D eigenvalue weighted by Gasteiger charge is -2.03. The number of benzene rings is 1. The van der Waals surface area contributed by atoms with E-state index in [0.29, 0.717) is 11.3 Å². The van der Waals surface area contributed by atoms with Crippen molar-refractivity contribution in [2.45, 2.75) is 11.3 Å². The fraction of sp³-hybridized carbons (Fsp3) is 0.250. The van der Waals surface area contributed by atoms with Crippen molar-refractivity contribution in [1.82, 2.24) is 0 Å². The Labute approximate surface area is 93.6 Å². The SMILES string of the molecule is O=S(=O)(Br)c1ccccc1CCBr. The standard InChI is InChI=1S/C8H8Br2O2S/c9-6-5-7-3-1-2-4-8(7)13(10,11)12/h1-4H,5-6H2. The van der Waals surface area contributed by atoms with Gasteiger partial charge in [-0.3, -0.25) is 0 Å². The van der Waals surface area contributed by atoms with Crippen LogP contribution in [0.2, 0.25) is 0 Å². The van der Waals surface area contributed by atoms with Gasteiger partial charge in [0.05, 0.1) is 19.7 Å². The lowest BCUT2D eigenvalue weighted by Crippen LogP contribution is -1.97. The second-order valence-corrected chi connectivity index (χ2v) is 7.15. The average Bonchev–Trinajstić information content (AvgIpc) is 2.04. The lowest BCUT2D eigenvalue weighted by atomic mass is 10.2. The maximum absolute atomic E-state index is 11.2. The van der Waals surface area contributed by atoms with Gasteiger partial charge in [-0.25, -0.2) is 8.42 Å². The Morgan fingerprint density at radius 3 is 2.38 bits per heavy atom. The molecule has 0 spiro atoms. The zero-order valence-corrected chi connectivity index (χ0v) is 10.7. The van der Waals surface area contributed by atoms with Gasteiger partial charge in [-0.1, -0.05) is 34.1 Å². The summed E-state index contributed by atoms with van der Waals surface area (Å²) in [5.41, 5.74) is 0.830. The number of alkyl halides is 1. The van der Waals surface area contributed by atoms with E-state index in [1.165, 1.54) is 0 Å². The molecule has 0 bridgehead atoms. The van der Waals surface area contributed by atoms with Crippen molar-refractivity contribution < 1.29 is 8.42 Å². The normalized spacial score (nSPS) is 11.5. The second kappa shape index (κ2) is 4.57. The van der Waals surface area contributed by atoms with Gasteiger partial charge in [0, 0.05) is 5.33 Å². The Morgan fingerprint density at radius 1 is 1.23 bits per heavy atom. The molecule has 0 aliphatic heterocycles. The van der Waals surface area contributed by atoms with Crippen molar-refractivity contribution in [2.24, 2.45) is 0 Å². The molecule has 2 nitrogen and oxygen atoms in total. The van der Waals surface area contributed by atoms with E-state index in [-0.39, 0.29) is 0 Å². The molecule has 0 heterocycles. The Kier molecular flexibility index (Phi) is 3.94. The molecule has 1 aromatic carbocycles. The summed E-state index contributed by atoms with van der Waals surface area (Å²) in [7, 11) is -3.26. The van der Waals surface area contributed by atoms with E-state index in [0.717, 1.165) is 10.9 Å². The topological polar surface area (TPSA) is 34.1 Å². The smallest absolute Gasteiger partial charge is 0.212 e. The fourth-order valence-electron chi connectivity index (χ4n) is 1.05. The van der Waals surface area contributed by atoms with E-state index in [4.69, 9.17) is 0 Å². The molecule has 0 aromatic heterocycles. The molecule has 0 unspecified atom stereocenters. The minimum Gasteiger partial charge on any atom is -0.212 e. The maximum Gasteiger partial charge on any atom is 0.237 e. The lowest BCUT2D eigenvalue weighted by molar-refractivity contribution is 0.610. The molecule has 1 rings (SSSR count). The monoisotopic (exact) mass is 326 g/mol. The first-order valence-corrected chi connectivity index (χ1v) is 8.09. The van der Waals surface area contributed by atoms with Crippen molar-refractivity contribution >= 4 is 39.0 Å². The van der Waals surface area contributed by atoms with Crippen LogP contribution in [0.25, 0.3) is 0 Å². The van der Waals surface area contributed by atoms with Crippen molar-refractivity contribution in [3.8, 4) is 0 Å². The Morgan fingerprint density at radius 2 is 1.85 bits per heavy atom. The van der Waals surface area contributed by atoms with Gasteiger partial charge in [0.15, 0.2) is 0 Å². The highest BCUT2D eigenvalue weighted by atomic mass is 79.9. The van der Waals surface area contributed by atoms with Gasteiger partial charge in [0.25, 0.3) is 0 Å². The summed E-state index contributed by atoms with van der Waals surface area (Å²) in [5.74, 6) is 0. The van der Waals surface area contributed by atoms with Crippen LogP contribution in [-0.4, -0.2) is 13.7 Å². The van der Waals surface area contributed by atoms with Crippen LogP contribution in [0.5, 0.6) is 0 Å². The predicted molar refractivity (Wildman–Crippen MR) is 60.1 cm³/mol. The number of aryl methyl sites for hydroxylation is 1. The summed E-state index contributed by atoms with van der Waals surface area (Å²) < 4.78 is 22.5. The third-order valence-electron chi connectivity index (χ3n) is 1.60. The average molecular weight is 328 g/mol. The molecular formula is C8H8Br2O2S. The van der Waals surface area contributed by atoms with E-state index in [2.05, 4.69) is 30.7 Å². The van der Waals surface area contributed by atoms with E-state index in [1.807, 2.05) is 12.1 Å². The molecule has 0 aliphatic rings. The maximum atomic E-state index is 11.2. The van der Waals surface area contributed by atoms with Gasteiger partial charge in [-0.2, -0.15) is 0 Å². The quantitative estimate of drug-likeness (QED) is 0.632. The highest BCUT2D eigenvalue weighted by molar-refractivity contribution is 9.47. The number of halogens is 2. The van der Waals surface area contributed by atoms with Crippen LogP contribution >= 0.6 is 30.7 Å². The van der Waals surface area contributed by atoms with Crippen LogP contribution in [0.1, 0.15) is 5.56 Å². The molecule has 13 heavy (non-hydrogen) atoms. The molecule has 0 aliphatic carbocycles. The summed E-state index contributed by atoms with van der Waals surface area (Å²) in [5, 5.41) is 0.756. The number of hydrogen-bond donors (Lipinski definition) is 0. The summed E-state index contributed by atoms with van der Waals surface area (Å²) >= 11 is 5.94. The molecule has 72 valence electrons. The largest absolute Gasteiger partial charge is 0.237 e.